The summed E-state index contributed by atoms with van der Waals surface area (Å²) in [7, 11) is -4.08. The van der Waals surface area contributed by atoms with Crippen molar-refractivity contribution in [3.63, 3.8) is 0 Å². The third-order valence-corrected chi connectivity index (χ3v) is 3.77. The maximum Gasteiger partial charge on any atom is 0.257 e. The smallest absolute Gasteiger partial charge is 0.257 e. The second-order valence-electron chi connectivity index (χ2n) is 3.92. The number of halogens is 1. The van der Waals surface area contributed by atoms with Gasteiger partial charge >= 0.3 is 0 Å². The standard InChI is InChI=1S/C12H15ClN2O4S/c1-2-6-15(7-8-16)12(17)11-9(13)4-3-5-10(11)20(14,18)19/h2-5,16H,1,6-8H2,(H2,14,18,19). The van der Waals surface area contributed by atoms with E-state index < -0.39 is 15.9 Å². The van der Waals surface area contributed by atoms with Gasteiger partial charge in [-0.2, -0.15) is 0 Å². The fraction of sp³-hybridized carbons (Fsp3) is 0.250. The van der Waals surface area contributed by atoms with E-state index in [1.54, 1.807) is 0 Å². The van der Waals surface area contributed by atoms with Crippen molar-refractivity contribution in [1.29, 1.82) is 0 Å². The van der Waals surface area contributed by atoms with Gasteiger partial charge in [0.05, 0.1) is 22.1 Å². The minimum atomic E-state index is -4.08. The Balaban J connectivity index is 3.37. The largest absolute Gasteiger partial charge is 0.395 e. The molecular formula is C12H15ClN2O4S. The van der Waals surface area contributed by atoms with Gasteiger partial charge in [0.25, 0.3) is 5.91 Å². The number of aliphatic hydroxyl groups excluding tert-OH is 1. The highest BCUT2D eigenvalue weighted by Crippen LogP contribution is 2.24. The summed E-state index contributed by atoms with van der Waals surface area (Å²) in [5, 5.41) is 14.0. The fourth-order valence-electron chi connectivity index (χ4n) is 1.66. The number of hydrogen-bond acceptors (Lipinski definition) is 4. The normalized spacial score (nSPS) is 11.2. The number of amides is 1. The quantitative estimate of drug-likeness (QED) is 0.750. The fourth-order valence-corrected chi connectivity index (χ4v) is 2.72. The van der Waals surface area contributed by atoms with Crippen molar-refractivity contribution >= 4 is 27.5 Å². The molecule has 0 aliphatic rings. The molecule has 0 saturated heterocycles. The lowest BCUT2D eigenvalue weighted by atomic mass is 10.2. The number of rotatable bonds is 6. The van der Waals surface area contributed by atoms with E-state index in [4.69, 9.17) is 21.8 Å². The van der Waals surface area contributed by atoms with Crippen LogP contribution in [0, 0.1) is 0 Å². The monoisotopic (exact) mass is 318 g/mol. The first-order valence-electron chi connectivity index (χ1n) is 5.65. The summed E-state index contributed by atoms with van der Waals surface area (Å²) in [5.74, 6) is -0.631. The summed E-state index contributed by atoms with van der Waals surface area (Å²) in [5.41, 5.74) is -0.202. The average Bonchev–Trinajstić information content (AvgIpc) is 2.36. The third-order valence-electron chi connectivity index (χ3n) is 2.50. The first-order valence-corrected chi connectivity index (χ1v) is 7.57. The molecule has 1 aromatic rings. The Hall–Kier alpha value is -1.41. The van der Waals surface area contributed by atoms with Crippen molar-refractivity contribution in [1.82, 2.24) is 4.90 Å². The molecule has 0 saturated carbocycles. The highest BCUT2D eigenvalue weighted by Gasteiger charge is 2.25. The molecule has 3 N–H and O–H groups in total. The maximum absolute atomic E-state index is 12.4. The molecule has 1 aromatic carbocycles. The molecule has 0 spiro atoms. The van der Waals surface area contributed by atoms with Crippen molar-refractivity contribution in [2.75, 3.05) is 19.7 Å². The van der Waals surface area contributed by atoms with Crippen molar-refractivity contribution in [3.8, 4) is 0 Å². The van der Waals surface area contributed by atoms with Gasteiger partial charge in [0.15, 0.2) is 0 Å². The summed E-state index contributed by atoms with van der Waals surface area (Å²) in [4.78, 5) is 13.3. The molecule has 0 unspecified atom stereocenters. The molecule has 1 rings (SSSR count). The Labute approximate surface area is 122 Å². The lowest BCUT2D eigenvalue weighted by Gasteiger charge is -2.21. The number of benzene rings is 1. The van der Waals surface area contributed by atoms with Crippen molar-refractivity contribution in [2.45, 2.75) is 4.90 Å². The van der Waals surface area contributed by atoms with E-state index in [-0.39, 0.29) is 35.2 Å². The van der Waals surface area contributed by atoms with Gasteiger partial charge in [-0.15, -0.1) is 6.58 Å². The molecule has 0 aliphatic carbocycles. The Bertz CT molecular complexity index is 616. The molecule has 20 heavy (non-hydrogen) atoms. The topological polar surface area (TPSA) is 101 Å². The third kappa shape index (κ3) is 3.80. The Morgan fingerprint density at radius 2 is 2.15 bits per heavy atom. The molecule has 0 fully saturated rings. The molecule has 6 nitrogen and oxygen atoms in total. The van der Waals surface area contributed by atoms with Crippen LogP contribution in [0.3, 0.4) is 0 Å². The van der Waals surface area contributed by atoms with Gasteiger partial charge < -0.3 is 10.0 Å². The zero-order valence-electron chi connectivity index (χ0n) is 10.6. The van der Waals surface area contributed by atoms with E-state index in [0.29, 0.717) is 0 Å². The van der Waals surface area contributed by atoms with Crippen LogP contribution in [-0.4, -0.2) is 44.0 Å². The van der Waals surface area contributed by atoms with Crippen LogP contribution in [0.4, 0.5) is 0 Å². The molecule has 8 heteroatoms. The number of aliphatic hydroxyl groups is 1. The van der Waals surface area contributed by atoms with Crippen LogP contribution < -0.4 is 5.14 Å². The minimum Gasteiger partial charge on any atom is -0.395 e. The predicted molar refractivity (Wildman–Crippen MR) is 76.0 cm³/mol. The SMILES string of the molecule is C=CCN(CCO)C(=O)c1c(Cl)cccc1S(N)(=O)=O. The number of nitrogens with zero attached hydrogens (tertiary/aromatic N) is 1. The maximum atomic E-state index is 12.4. The minimum absolute atomic E-state index is 0.0199. The summed E-state index contributed by atoms with van der Waals surface area (Å²) in [6.45, 7) is 3.41. The van der Waals surface area contributed by atoms with Crippen LogP contribution in [0.15, 0.2) is 35.7 Å². The van der Waals surface area contributed by atoms with Crippen LogP contribution in [-0.2, 0) is 10.0 Å². The van der Waals surface area contributed by atoms with Crippen LogP contribution in [0.1, 0.15) is 10.4 Å². The van der Waals surface area contributed by atoms with Gasteiger partial charge in [-0.1, -0.05) is 23.7 Å². The van der Waals surface area contributed by atoms with Gasteiger partial charge in [-0.3, -0.25) is 4.79 Å². The predicted octanol–water partition coefficient (Wildman–Crippen LogP) is 0.608. The zero-order chi connectivity index (χ0) is 15.3. The highest BCUT2D eigenvalue weighted by atomic mass is 35.5. The Kier molecular flexibility index (Phi) is 5.70. The van der Waals surface area contributed by atoms with E-state index in [0.717, 1.165) is 0 Å². The van der Waals surface area contributed by atoms with E-state index in [9.17, 15) is 13.2 Å². The van der Waals surface area contributed by atoms with Crippen LogP contribution in [0.2, 0.25) is 5.02 Å². The lowest BCUT2D eigenvalue weighted by molar-refractivity contribution is 0.0739. The average molecular weight is 319 g/mol. The zero-order valence-corrected chi connectivity index (χ0v) is 12.2. The summed E-state index contributed by atoms with van der Waals surface area (Å²) in [6, 6.07) is 4.00. The van der Waals surface area contributed by atoms with Crippen LogP contribution in [0.5, 0.6) is 0 Å². The molecule has 0 heterocycles. The second kappa shape index (κ2) is 6.85. The highest BCUT2D eigenvalue weighted by molar-refractivity contribution is 7.89. The number of hydrogen-bond donors (Lipinski definition) is 2. The van der Waals surface area contributed by atoms with E-state index in [1.807, 2.05) is 0 Å². The molecule has 110 valence electrons. The van der Waals surface area contributed by atoms with Crippen molar-refractivity contribution < 1.29 is 18.3 Å². The van der Waals surface area contributed by atoms with Gasteiger partial charge in [-0.25, -0.2) is 13.6 Å². The number of carbonyl (C=O) groups excluding carboxylic acids is 1. The van der Waals surface area contributed by atoms with Gasteiger partial charge in [0.1, 0.15) is 0 Å². The molecule has 0 bridgehead atoms. The van der Waals surface area contributed by atoms with E-state index in [2.05, 4.69) is 6.58 Å². The van der Waals surface area contributed by atoms with Crippen molar-refractivity contribution in [3.05, 3.63) is 41.4 Å². The Morgan fingerprint density at radius 1 is 1.50 bits per heavy atom. The van der Waals surface area contributed by atoms with Gasteiger partial charge in [0, 0.05) is 13.1 Å². The first kappa shape index (κ1) is 16.6. The molecular weight excluding hydrogens is 304 g/mol. The number of carbonyl (C=O) groups is 1. The molecule has 0 radical (unpaired) electrons. The summed E-state index contributed by atoms with van der Waals surface area (Å²) >= 11 is 5.92. The number of primary sulfonamides is 1. The van der Waals surface area contributed by atoms with E-state index in [1.165, 1.54) is 29.2 Å². The van der Waals surface area contributed by atoms with Crippen molar-refractivity contribution in [2.24, 2.45) is 5.14 Å². The second-order valence-corrected chi connectivity index (χ2v) is 5.86. The van der Waals surface area contributed by atoms with Crippen LogP contribution in [0.25, 0.3) is 0 Å². The Morgan fingerprint density at radius 3 is 2.65 bits per heavy atom. The molecule has 0 atom stereocenters. The van der Waals surface area contributed by atoms with E-state index >= 15 is 0 Å². The first-order chi connectivity index (χ1) is 9.32. The lowest BCUT2D eigenvalue weighted by Crippen LogP contribution is -2.35. The number of nitrogens with two attached hydrogens (primary N) is 1. The molecule has 0 aliphatic heterocycles. The number of sulfonamides is 1. The van der Waals surface area contributed by atoms with Crippen LogP contribution >= 0.6 is 11.6 Å². The van der Waals surface area contributed by atoms with Gasteiger partial charge in [-0.05, 0) is 12.1 Å². The summed E-state index contributed by atoms with van der Waals surface area (Å²) < 4.78 is 23.1. The van der Waals surface area contributed by atoms with Gasteiger partial charge in [0.2, 0.25) is 10.0 Å². The molecule has 0 aromatic heterocycles. The summed E-state index contributed by atoms with van der Waals surface area (Å²) in [6.07, 6.45) is 1.46. The molecule has 1 amide bonds.